The van der Waals surface area contributed by atoms with Crippen LogP contribution < -0.4 is 10.2 Å². The van der Waals surface area contributed by atoms with Gasteiger partial charge in [0.15, 0.2) is 6.54 Å². The summed E-state index contributed by atoms with van der Waals surface area (Å²) >= 11 is 1.41. The van der Waals surface area contributed by atoms with Crippen molar-refractivity contribution in [2.45, 2.75) is 40.0 Å². The zero-order valence-corrected chi connectivity index (χ0v) is 17.1. The molecule has 0 atom stereocenters. The summed E-state index contributed by atoms with van der Waals surface area (Å²) in [6.07, 6.45) is 2.25. The predicted octanol–water partition coefficient (Wildman–Crippen LogP) is 1.28. The van der Waals surface area contributed by atoms with E-state index < -0.39 is 5.97 Å². The van der Waals surface area contributed by atoms with E-state index in [0.29, 0.717) is 30.3 Å². The Morgan fingerprint density at radius 3 is 2.41 bits per heavy atom. The largest absolute Gasteiger partial charge is 0.466 e. The number of ether oxygens (including phenoxy) is 2. The number of thiophene rings is 1. The number of carbonyl (C=O) groups excluding carboxylic acids is 3. The van der Waals surface area contributed by atoms with Crippen LogP contribution in [-0.4, -0.2) is 50.7 Å². The first-order valence-electron chi connectivity index (χ1n) is 9.58. The summed E-state index contributed by atoms with van der Waals surface area (Å²) in [5, 5.41) is 3.42. The molecule has 1 aliphatic heterocycles. The minimum Gasteiger partial charge on any atom is -0.466 e. The Balaban J connectivity index is 1.90. The lowest BCUT2D eigenvalue weighted by molar-refractivity contribution is -0.897. The monoisotopic (exact) mass is 397 g/mol. The van der Waals surface area contributed by atoms with Gasteiger partial charge in [0.25, 0.3) is 5.91 Å². The smallest absolute Gasteiger partial charge is 0.341 e. The average Bonchev–Trinajstić information content (AvgIpc) is 3.05. The maximum Gasteiger partial charge on any atom is 0.341 e. The summed E-state index contributed by atoms with van der Waals surface area (Å²) in [7, 11) is 0. The van der Waals surface area contributed by atoms with Crippen molar-refractivity contribution in [1.82, 2.24) is 0 Å². The number of hydrogen-bond acceptors (Lipinski definition) is 6. The molecular formula is C19H29N2O5S+. The SMILES string of the molecule is CCOC(=O)c1cc(CC)sc1NC(=O)C[NH+]1CCC(C(=O)OCC)CC1. The number of piperidine rings is 1. The minimum absolute atomic E-state index is 0.0587. The van der Waals surface area contributed by atoms with Crippen molar-refractivity contribution in [3.63, 3.8) is 0 Å². The van der Waals surface area contributed by atoms with Crippen molar-refractivity contribution in [1.29, 1.82) is 0 Å². The molecule has 7 nitrogen and oxygen atoms in total. The van der Waals surface area contributed by atoms with Gasteiger partial charge >= 0.3 is 11.9 Å². The summed E-state index contributed by atoms with van der Waals surface area (Å²) in [5.74, 6) is -0.733. The van der Waals surface area contributed by atoms with Gasteiger partial charge < -0.3 is 19.7 Å². The number of rotatable bonds is 8. The normalized spacial score (nSPS) is 19.4. The van der Waals surface area contributed by atoms with E-state index in [9.17, 15) is 14.4 Å². The first-order valence-corrected chi connectivity index (χ1v) is 10.4. The van der Waals surface area contributed by atoms with Crippen molar-refractivity contribution in [2.75, 3.05) is 38.2 Å². The molecule has 1 amide bonds. The molecule has 8 heteroatoms. The Morgan fingerprint density at radius 1 is 1.15 bits per heavy atom. The Morgan fingerprint density at radius 2 is 1.81 bits per heavy atom. The fourth-order valence-electron chi connectivity index (χ4n) is 3.17. The Labute approximate surface area is 164 Å². The third kappa shape index (κ3) is 6.04. The molecule has 0 aromatic carbocycles. The Hall–Kier alpha value is -1.93. The molecule has 0 unspecified atom stereocenters. The zero-order chi connectivity index (χ0) is 19.8. The molecule has 1 aliphatic rings. The van der Waals surface area contributed by atoms with Gasteiger partial charge in [-0.3, -0.25) is 9.59 Å². The van der Waals surface area contributed by atoms with E-state index in [2.05, 4.69) is 5.32 Å². The molecule has 2 heterocycles. The van der Waals surface area contributed by atoms with E-state index in [1.165, 1.54) is 11.3 Å². The van der Waals surface area contributed by atoms with Gasteiger partial charge in [0.1, 0.15) is 5.00 Å². The summed E-state index contributed by atoms with van der Waals surface area (Å²) < 4.78 is 10.2. The average molecular weight is 398 g/mol. The van der Waals surface area contributed by atoms with Gasteiger partial charge in [0.2, 0.25) is 0 Å². The molecule has 1 aromatic rings. The number of anilines is 1. The van der Waals surface area contributed by atoms with Crippen LogP contribution in [-0.2, 0) is 25.5 Å². The third-order valence-electron chi connectivity index (χ3n) is 4.60. The standard InChI is InChI=1S/C19H28N2O5S/c1-4-14-11-15(19(24)26-6-3)17(27-14)20-16(22)12-21-9-7-13(8-10-21)18(23)25-5-2/h11,13H,4-10,12H2,1-3H3,(H,20,22)/p+1. The number of hydrogen-bond donors (Lipinski definition) is 2. The Kier molecular flexibility index (Phi) is 8.24. The molecule has 1 aromatic heterocycles. The van der Waals surface area contributed by atoms with Crippen molar-refractivity contribution in [3.8, 4) is 0 Å². The first kappa shape index (κ1) is 21.4. The van der Waals surface area contributed by atoms with E-state index in [0.717, 1.165) is 42.1 Å². The van der Waals surface area contributed by atoms with Gasteiger partial charge in [-0.1, -0.05) is 6.92 Å². The molecular weight excluding hydrogens is 368 g/mol. The maximum atomic E-state index is 12.5. The van der Waals surface area contributed by atoms with Crippen molar-refractivity contribution < 1.29 is 28.8 Å². The van der Waals surface area contributed by atoms with E-state index >= 15 is 0 Å². The second kappa shape index (κ2) is 10.4. The molecule has 2 N–H and O–H groups in total. The van der Waals surface area contributed by atoms with Gasteiger partial charge in [-0.2, -0.15) is 0 Å². The Bertz CT molecular complexity index is 665. The van der Waals surface area contributed by atoms with Gasteiger partial charge in [-0.05, 0) is 26.3 Å². The number of nitrogens with one attached hydrogen (secondary N) is 2. The van der Waals surface area contributed by atoms with Gasteiger partial charge in [-0.15, -0.1) is 11.3 Å². The predicted molar refractivity (Wildman–Crippen MR) is 103 cm³/mol. The zero-order valence-electron chi connectivity index (χ0n) is 16.3. The fraction of sp³-hybridized carbons (Fsp3) is 0.632. The second-order valence-electron chi connectivity index (χ2n) is 6.53. The van der Waals surface area contributed by atoms with Crippen molar-refractivity contribution >= 4 is 34.2 Å². The highest BCUT2D eigenvalue weighted by Gasteiger charge is 2.29. The van der Waals surface area contributed by atoms with Gasteiger partial charge in [0.05, 0.1) is 37.8 Å². The lowest BCUT2D eigenvalue weighted by Crippen LogP contribution is -3.14. The van der Waals surface area contributed by atoms with E-state index in [1.807, 2.05) is 13.8 Å². The van der Waals surface area contributed by atoms with E-state index in [1.54, 1.807) is 13.0 Å². The number of likely N-dealkylation sites (tertiary alicyclic amines) is 1. The highest BCUT2D eigenvalue weighted by Crippen LogP contribution is 2.29. The van der Waals surface area contributed by atoms with Gasteiger partial charge in [0, 0.05) is 17.7 Å². The number of carbonyl (C=O) groups is 3. The fourth-order valence-corrected chi connectivity index (χ4v) is 4.17. The van der Waals surface area contributed by atoms with Crippen LogP contribution in [0.4, 0.5) is 5.00 Å². The number of quaternary nitrogens is 1. The summed E-state index contributed by atoms with van der Waals surface area (Å²) in [4.78, 5) is 38.5. The molecule has 0 radical (unpaired) electrons. The molecule has 0 bridgehead atoms. The van der Waals surface area contributed by atoms with E-state index in [4.69, 9.17) is 9.47 Å². The number of esters is 2. The van der Waals surface area contributed by atoms with Crippen LogP contribution in [0.25, 0.3) is 0 Å². The van der Waals surface area contributed by atoms with E-state index in [-0.39, 0.29) is 17.8 Å². The first-order chi connectivity index (χ1) is 13.0. The highest BCUT2D eigenvalue weighted by atomic mass is 32.1. The highest BCUT2D eigenvalue weighted by molar-refractivity contribution is 7.16. The molecule has 1 fully saturated rings. The minimum atomic E-state index is -0.411. The molecule has 0 aliphatic carbocycles. The van der Waals surface area contributed by atoms with Crippen LogP contribution in [0, 0.1) is 5.92 Å². The molecule has 2 rings (SSSR count). The van der Waals surface area contributed by atoms with Crippen LogP contribution in [0.3, 0.4) is 0 Å². The summed E-state index contributed by atoms with van der Waals surface area (Å²) in [5.41, 5.74) is 0.420. The molecule has 150 valence electrons. The summed E-state index contributed by atoms with van der Waals surface area (Å²) in [6.45, 7) is 8.09. The maximum absolute atomic E-state index is 12.5. The number of aryl methyl sites for hydroxylation is 1. The molecule has 27 heavy (non-hydrogen) atoms. The number of amides is 1. The lowest BCUT2D eigenvalue weighted by atomic mass is 9.97. The van der Waals surface area contributed by atoms with Crippen LogP contribution in [0.5, 0.6) is 0 Å². The van der Waals surface area contributed by atoms with Crippen LogP contribution in [0.1, 0.15) is 48.8 Å². The molecule has 1 saturated heterocycles. The van der Waals surface area contributed by atoms with Crippen LogP contribution in [0.2, 0.25) is 0 Å². The van der Waals surface area contributed by atoms with Crippen molar-refractivity contribution in [2.24, 2.45) is 5.92 Å². The van der Waals surface area contributed by atoms with Crippen LogP contribution in [0.15, 0.2) is 6.07 Å². The van der Waals surface area contributed by atoms with Crippen molar-refractivity contribution in [3.05, 3.63) is 16.5 Å². The lowest BCUT2D eigenvalue weighted by Gasteiger charge is -2.27. The summed E-state index contributed by atoms with van der Waals surface area (Å²) in [6, 6.07) is 1.79. The quantitative estimate of drug-likeness (QED) is 0.646. The molecule has 0 saturated carbocycles. The topological polar surface area (TPSA) is 86.1 Å². The van der Waals surface area contributed by atoms with Crippen LogP contribution >= 0.6 is 11.3 Å². The third-order valence-corrected chi connectivity index (χ3v) is 5.80. The second-order valence-corrected chi connectivity index (χ2v) is 7.67. The van der Waals surface area contributed by atoms with Gasteiger partial charge in [-0.25, -0.2) is 4.79 Å². The molecule has 0 spiro atoms.